The van der Waals surface area contributed by atoms with Crippen LogP contribution in [-0.4, -0.2) is 11.5 Å². The predicted molar refractivity (Wildman–Crippen MR) is 258 cm³/mol. The summed E-state index contributed by atoms with van der Waals surface area (Å²) in [5.74, 6) is 2.51. The van der Waals surface area contributed by atoms with Crippen LogP contribution in [0.4, 0.5) is 0 Å². The van der Waals surface area contributed by atoms with Gasteiger partial charge in [-0.25, -0.2) is 0 Å². The van der Waals surface area contributed by atoms with Crippen molar-refractivity contribution in [2.24, 2.45) is 0 Å². The summed E-state index contributed by atoms with van der Waals surface area (Å²) in [6.45, 7) is 8.91. The van der Waals surface area contributed by atoms with Gasteiger partial charge in [0.05, 0.1) is 0 Å². The summed E-state index contributed by atoms with van der Waals surface area (Å²) < 4.78 is 0. The van der Waals surface area contributed by atoms with Gasteiger partial charge in [0.25, 0.3) is 0 Å². The lowest BCUT2D eigenvalue weighted by Gasteiger charge is -2.08. The Morgan fingerprint density at radius 3 is 0.655 bits per heavy atom. The minimum atomic E-state index is 1.19. The van der Waals surface area contributed by atoms with Crippen LogP contribution in [0.3, 0.4) is 0 Å². The topological polar surface area (TPSA) is 0 Å². The van der Waals surface area contributed by atoms with Crippen molar-refractivity contribution in [3.63, 3.8) is 0 Å². The molecule has 0 N–H and O–H groups in total. The lowest BCUT2D eigenvalue weighted by atomic mass is 10.0. The molecule has 0 unspecified atom stereocenters. The summed E-state index contributed by atoms with van der Waals surface area (Å²) in [6, 6.07) is 7.02. The Kier molecular flexibility index (Phi) is 43.3. The third-order valence-corrected chi connectivity index (χ3v) is 14.1. The molecule has 1 aromatic rings. The summed E-state index contributed by atoms with van der Waals surface area (Å²) in [5.41, 5.74) is 1.19. The molecule has 0 aliphatic heterocycles. The van der Waals surface area contributed by atoms with Gasteiger partial charge in [-0.15, -0.1) is 23.5 Å². The van der Waals surface area contributed by atoms with Gasteiger partial charge in [-0.3, -0.25) is 0 Å². The van der Waals surface area contributed by atoms with E-state index in [1.165, 1.54) is 297 Å². The van der Waals surface area contributed by atoms with Crippen molar-refractivity contribution in [3.05, 3.63) is 30.7 Å². The molecular formula is C53H99S2. The largest absolute Gasteiger partial charge is 0.126 e. The number of hydrogen-bond donors (Lipinski definition) is 0. The molecule has 0 nitrogen and oxygen atoms in total. The van der Waals surface area contributed by atoms with Crippen LogP contribution in [0.1, 0.15) is 289 Å². The highest BCUT2D eigenvalue weighted by molar-refractivity contribution is 8.00. The third kappa shape index (κ3) is 40.5. The van der Waals surface area contributed by atoms with Crippen LogP contribution in [0.25, 0.3) is 0 Å². The Morgan fingerprint density at radius 1 is 0.273 bits per heavy atom. The van der Waals surface area contributed by atoms with Crippen LogP contribution in [0.15, 0.2) is 28.0 Å². The average Bonchev–Trinajstić information content (AvgIpc) is 3.18. The van der Waals surface area contributed by atoms with Gasteiger partial charge in [0, 0.05) is 9.79 Å². The lowest BCUT2D eigenvalue weighted by Crippen LogP contribution is -1.87. The van der Waals surface area contributed by atoms with Crippen LogP contribution in [0, 0.1) is 6.92 Å². The molecule has 0 bridgehead atoms. The molecule has 0 aromatic heterocycles. The number of rotatable bonds is 46. The molecule has 1 aromatic carbocycles. The zero-order chi connectivity index (χ0) is 39.4. The van der Waals surface area contributed by atoms with Crippen molar-refractivity contribution < 1.29 is 0 Å². The molecule has 0 atom stereocenters. The van der Waals surface area contributed by atoms with E-state index < -0.39 is 0 Å². The molecule has 0 aliphatic rings. The zero-order valence-corrected chi connectivity index (χ0v) is 39.5. The molecule has 0 heterocycles. The minimum absolute atomic E-state index is 1.19. The second kappa shape index (κ2) is 45.0. The van der Waals surface area contributed by atoms with E-state index >= 15 is 0 Å². The number of thioether (sulfide) groups is 2. The number of unbranched alkanes of at least 4 members (excludes halogenated alkanes) is 40. The second-order valence-electron chi connectivity index (χ2n) is 17.7. The van der Waals surface area contributed by atoms with E-state index in [0.717, 1.165) is 0 Å². The van der Waals surface area contributed by atoms with E-state index in [1.807, 2.05) is 0 Å². The Bertz CT molecular complexity index is 798. The van der Waals surface area contributed by atoms with E-state index in [-0.39, 0.29) is 0 Å². The van der Waals surface area contributed by atoms with Gasteiger partial charge >= 0.3 is 0 Å². The first-order valence-corrected chi connectivity index (χ1v) is 27.5. The molecule has 55 heavy (non-hydrogen) atoms. The molecule has 0 amide bonds. The maximum atomic E-state index is 4.29. The van der Waals surface area contributed by atoms with Crippen LogP contribution < -0.4 is 0 Å². The average molecular weight is 801 g/mol. The summed E-state index contributed by atoms with van der Waals surface area (Å²) >= 11 is 4.11. The zero-order valence-electron chi connectivity index (χ0n) is 37.9. The summed E-state index contributed by atoms with van der Waals surface area (Å²) in [6.07, 6.45) is 61.1. The minimum Gasteiger partial charge on any atom is -0.126 e. The molecule has 0 saturated heterocycles. The maximum absolute atomic E-state index is 4.29. The Balaban J connectivity index is 1.83. The lowest BCUT2D eigenvalue weighted by molar-refractivity contribution is 0.521. The SMILES string of the molecule is [CH2]c1cc(SCCCCCCCCCCCCCCCCCCCCCCC)cc(SCCCCCCCCCCCCCCCCCCCCCCC)c1. The molecule has 323 valence electrons. The third-order valence-electron chi connectivity index (χ3n) is 12.0. The van der Waals surface area contributed by atoms with E-state index in [0.29, 0.717) is 0 Å². The standard InChI is InChI=1S/C53H99S2/c1-4-6-8-10-12-14-16-18-20-22-24-26-28-30-32-34-36-38-40-42-44-46-54-52-48-51(3)49-53(50-52)55-47-45-43-41-39-37-35-33-31-29-27-25-23-21-19-17-15-13-11-9-7-5-2/h48-50H,3-47H2,1-2H3. The Hall–Kier alpha value is -0.0800. The quantitative estimate of drug-likeness (QED) is 0.0476. The van der Waals surface area contributed by atoms with Crippen LogP contribution in [0.5, 0.6) is 0 Å². The van der Waals surface area contributed by atoms with Crippen LogP contribution >= 0.6 is 23.5 Å². The van der Waals surface area contributed by atoms with E-state index in [1.54, 1.807) is 0 Å². The van der Waals surface area contributed by atoms with Gasteiger partial charge in [0.1, 0.15) is 0 Å². The van der Waals surface area contributed by atoms with Gasteiger partial charge in [-0.2, -0.15) is 0 Å². The van der Waals surface area contributed by atoms with E-state index in [2.05, 4.69) is 62.5 Å². The molecule has 0 saturated carbocycles. The molecule has 1 radical (unpaired) electrons. The Morgan fingerprint density at radius 2 is 0.455 bits per heavy atom. The fourth-order valence-corrected chi connectivity index (χ4v) is 10.4. The van der Waals surface area contributed by atoms with Crippen molar-refractivity contribution in [1.29, 1.82) is 0 Å². The monoisotopic (exact) mass is 800 g/mol. The fraction of sp³-hybridized carbons (Fsp3) is 0.868. The highest BCUT2D eigenvalue weighted by Gasteiger charge is 2.03. The summed E-state index contributed by atoms with van der Waals surface area (Å²) in [7, 11) is 0. The molecule has 0 spiro atoms. The summed E-state index contributed by atoms with van der Waals surface area (Å²) in [4.78, 5) is 2.86. The number of hydrogen-bond acceptors (Lipinski definition) is 2. The molecule has 2 heteroatoms. The van der Waals surface area contributed by atoms with Gasteiger partial charge in [0.2, 0.25) is 0 Å². The first-order valence-electron chi connectivity index (χ1n) is 25.5. The first-order chi connectivity index (χ1) is 27.3. The molecule has 0 aliphatic carbocycles. The van der Waals surface area contributed by atoms with Crippen molar-refractivity contribution in [2.45, 2.75) is 293 Å². The van der Waals surface area contributed by atoms with Crippen molar-refractivity contribution in [1.82, 2.24) is 0 Å². The van der Waals surface area contributed by atoms with Crippen LogP contribution in [-0.2, 0) is 0 Å². The van der Waals surface area contributed by atoms with Crippen LogP contribution in [0.2, 0.25) is 0 Å². The molecule has 0 fully saturated rings. The Labute approximate surface area is 357 Å². The van der Waals surface area contributed by atoms with E-state index in [9.17, 15) is 0 Å². The predicted octanol–water partition coefficient (Wildman–Crippen LogP) is 20.5. The highest BCUT2D eigenvalue weighted by atomic mass is 32.2. The van der Waals surface area contributed by atoms with Crippen molar-refractivity contribution in [3.8, 4) is 0 Å². The second-order valence-corrected chi connectivity index (χ2v) is 20.0. The van der Waals surface area contributed by atoms with Gasteiger partial charge in [-0.05, 0) is 55.0 Å². The van der Waals surface area contributed by atoms with Gasteiger partial charge < -0.3 is 0 Å². The summed E-state index contributed by atoms with van der Waals surface area (Å²) in [5, 5.41) is 0. The fourth-order valence-electron chi connectivity index (χ4n) is 8.25. The molecule has 1 rings (SSSR count). The van der Waals surface area contributed by atoms with Gasteiger partial charge in [0.15, 0.2) is 0 Å². The maximum Gasteiger partial charge on any atom is 0.00858 e. The highest BCUT2D eigenvalue weighted by Crippen LogP contribution is 2.29. The van der Waals surface area contributed by atoms with Crippen molar-refractivity contribution >= 4 is 23.5 Å². The first kappa shape index (κ1) is 52.9. The van der Waals surface area contributed by atoms with Gasteiger partial charge in [-0.1, -0.05) is 271 Å². The normalized spacial score (nSPS) is 11.6. The van der Waals surface area contributed by atoms with Crippen molar-refractivity contribution in [2.75, 3.05) is 11.5 Å². The van der Waals surface area contributed by atoms with E-state index in [4.69, 9.17) is 0 Å². The number of benzene rings is 1. The smallest absolute Gasteiger partial charge is 0.00858 e. The molecular weight excluding hydrogens is 701 g/mol.